The molecule has 0 N–H and O–H groups in total. The summed E-state index contributed by atoms with van der Waals surface area (Å²) in [5, 5.41) is 2.50. The Bertz CT molecular complexity index is 610. The van der Waals surface area contributed by atoms with Crippen molar-refractivity contribution >= 4 is 22.4 Å². The molecule has 0 aliphatic carbocycles. The van der Waals surface area contributed by atoms with E-state index in [1.165, 1.54) is 0 Å². The van der Waals surface area contributed by atoms with Gasteiger partial charge in [-0.2, -0.15) is 0 Å². The molecule has 0 fully saturated rings. The van der Waals surface area contributed by atoms with Gasteiger partial charge in [0.2, 0.25) is 0 Å². The molecular weight excluding hydrogens is 296 g/mol. The minimum atomic E-state index is 0.295. The molecule has 0 aromatic heterocycles. The number of unbranched alkanes of at least 4 members (excludes halogenated alkanes) is 1. The van der Waals surface area contributed by atoms with Crippen molar-refractivity contribution < 1.29 is 9.47 Å². The third-order valence-electron chi connectivity index (χ3n) is 3.96. The lowest BCUT2D eigenvalue weighted by molar-refractivity contribution is 0.307. The Hall–Kier alpha value is -1.41. The molecule has 0 radical (unpaired) electrons. The van der Waals surface area contributed by atoms with Crippen molar-refractivity contribution in [3.8, 4) is 11.5 Å². The van der Waals surface area contributed by atoms with Crippen molar-refractivity contribution in [1.82, 2.24) is 0 Å². The van der Waals surface area contributed by atoms with E-state index in [0.29, 0.717) is 5.38 Å². The number of alkyl halides is 1. The summed E-state index contributed by atoms with van der Waals surface area (Å²) in [5.41, 5.74) is 1.10. The van der Waals surface area contributed by atoms with Gasteiger partial charge in [-0.05, 0) is 44.2 Å². The zero-order chi connectivity index (χ0) is 15.9. The third kappa shape index (κ3) is 4.07. The Labute approximate surface area is 138 Å². The molecule has 1 unspecified atom stereocenters. The highest BCUT2D eigenvalue weighted by Crippen LogP contribution is 2.36. The highest BCUT2D eigenvalue weighted by Gasteiger charge is 2.10. The van der Waals surface area contributed by atoms with Crippen LogP contribution in [0.4, 0.5) is 0 Å². The summed E-state index contributed by atoms with van der Waals surface area (Å²) in [6.45, 7) is 4.90. The fourth-order valence-corrected chi connectivity index (χ4v) is 2.85. The molecule has 0 saturated heterocycles. The quantitative estimate of drug-likeness (QED) is 0.457. The number of fused-ring (bicyclic) bond motifs is 1. The number of benzene rings is 2. The highest BCUT2D eigenvalue weighted by atomic mass is 35.5. The molecule has 0 saturated carbocycles. The molecule has 3 heteroatoms. The van der Waals surface area contributed by atoms with Gasteiger partial charge >= 0.3 is 0 Å². The van der Waals surface area contributed by atoms with Crippen LogP contribution in [-0.4, -0.2) is 19.1 Å². The van der Waals surface area contributed by atoms with E-state index in [0.717, 1.165) is 60.1 Å². The van der Waals surface area contributed by atoms with Gasteiger partial charge in [0, 0.05) is 16.1 Å². The van der Waals surface area contributed by atoms with Crippen molar-refractivity contribution in [2.45, 2.75) is 44.9 Å². The normalized spacial score (nSPS) is 12.4. The minimum Gasteiger partial charge on any atom is -0.496 e. The van der Waals surface area contributed by atoms with Gasteiger partial charge in [0.1, 0.15) is 11.5 Å². The molecule has 2 aromatic rings. The SMILES string of the molecule is CCC(Cl)CCCCOc1cc(C)c(OC)c2ccccc12. The standard InChI is InChI=1S/C19H25ClO2/c1-4-15(20)9-7-8-12-22-18-13-14(2)19(21-3)17-11-6-5-10-16(17)18/h5-6,10-11,13,15H,4,7-9,12H2,1-3H3. The van der Waals surface area contributed by atoms with Crippen molar-refractivity contribution in [2.24, 2.45) is 0 Å². The fraction of sp³-hybridized carbons (Fsp3) is 0.474. The van der Waals surface area contributed by atoms with E-state index in [-0.39, 0.29) is 0 Å². The molecule has 0 aliphatic heterocycles. The molecule has 2 rings (SSSR count). The number of rotatable bonds is 8. The first-order valence-corrected chi connectivity index (χ1v) is 8.44. The Morgan fingerprint density at radius 1 is 1.14 bits per heavy atom. The minimum absolute atomic E-state index is 0.295. The van der Waals surface area contributed by atoms with Gasteiger partial charge in [-0.25, -0.2) is 0 Å². The Balaban J connectivity index is 2.05. The molecule has 0 amide bonds. The second-order valence-electron chi connectivity index (χ2n) is 5.62. The summed E-state index contributed by atoms with van der Waals surface area (Å²) in [6.07, 6.45) is 4.23. The van der Waals surface area contributed by atoms with Gasteiger partial charge < -0.3 is 9.47 Å². The van der Waals surface area contributed by atoms with Crippen LogP contribution in [0.2, 0.25) is 0 Å². The van der Waals surface area contributed by atoms with Crippen LogP contribution in [-0.2, 0) is 0 Å². The van der Waals surface area contributed by atoms with E-state index in [2.05, 4.69) is 32.0 Å². The summed E-state index contributed by atoms with van der Waals surface area (Å²) in [7, 11) is 1.71. The van der Waals surface area contributed by atoms with Crippen LogP contribution in [0, 0.1) is 6.92 Å². The molecule has 0 bridgehead atoms. The molecule has 0 aliphatic rings. The number of halogens is 1. The molecular formula is C19H25ClO2. The van der Waals surface area contributed by atoms with Crippen LogP contribution in [0.25, 0.3) is 10.8 Å². The molecule has 2 aromatic carbocycles. The first kappa shape index (κ1) is 17.0. The second-order valence-corrected chi connectivity index (χ2v) is 6.24. The maximum atomic E-state index is 6.14. The van der Waals surface area contributed by atoms with E-state index in [1.54, 1.807) is 7.11 Å². The number of ether oxygens (including phenoxy) is 2. The predicted molar refractivity (Wildman–Crippen MR) is 94.5 cm³/mol. The molecule has 22 heavy (non-hydrogen) atoms. The van der Waals surface area contributed by atoms with E-state index in [4.69, 9.17) is 21.1 Å². The smallest absolute Gasteiger partial charge is 0.129 e. The Morgan fingerprint density at radius 3 is 2.55 bits per heavy atom. The zero-order valence-corrected chi connectivity index (χ0v) is 14.5. The van der Waals surface area contributed by atoms with E-state index in [1.807, 2.05) is 12.1 Å². The summed E-state index contributed by atoms with van der Waals surface area (Å²) < 4.78 is 11.5. The van der Waals surface area contributed by atoms with E-state index >= 15 is 0 Å². The topological polar surface area (TPSA) is 18.5 Å². The van der Waals surface area contributed by atoms with E-state index in [9.17, 15) is 0 Å². The monoisotopic (exact) mass is 320 g/mol. The van der Waals surface area contributed by atoms with Crippen LogP contribution in [0.5, 0.6) is 11.5 Å². The maximum Gasteiger partial charge on any atom is 0.129 e. The first-order chi connectivity index (χ1) is 10.7. The lowest BCUT2D eigenvalue weighted by Gasteiger charge is -2.14. The molecule has 0 heterocycles. The lowest BCUT2D eigenvalue weighted by Crippen LogP contribution is -2.02. The Kier molecular flexibility index (Phi) is 6.38. The molecule has 1 atom stereocenters. The molecule has 0 spiro atoms. The Morgan fingerprint density at radius 2 is 1.86 bits per heavy atom. The van der Waals surface area contributed by atoms with Gasteiger partial charge in [-0.3, -0.25) is 0 Å². The van der Waals surface area contributed by atoms with Crippen LogP contribution in [0.3, 0.4) is 0 Å². The maximum absolute atomic E-state index is 6.14. The molecule has 120 valence electrons. The van der Waals surface area contributed by atoms with Crippen LogP contribution >= 0.6 is 11.6 Å². The lowest BCUT2D eigenvalue weighted by atomic mass is 10.0. The van der Waals surface area contributed by atoms with Gasteiger partial charge in [0.25, 0.3) is 0 Å². The fourth-order valence-electron chi connectivity index (χ4n) is 2.69. The number of methoxy groups -OCH3 is 1. The summed E-state index contributed by atoms with van der Waals surface area (Å²) in [4.78, 5) is 0. The highest BCUT2D eigenvalue weighted by molar-refractivity contribution is 6.20. The van der Waals surface area contributed by atoms with Crippen LogP contribution < -0.4 is 9.47 Å². The summed E-state index contributed by atoms with van der Waals surface area (Å²) in [5.74, 6) is 1.86. The second kappa shape index (κ2) is 8.28. The van der Waals surface area contributed by atoms with Crippen molar-refractivity contribution in [3.05, 3.63) is 35.9 Å². The molecule has 2 nitrogen and oxygen atoms in total. The third-order valence-corrected chi connectivity index (χ3v) is 4.49. The summed E-state index contributed by atoms with van der Waals surface area (Å²) in [6, 6.07) is 10.3. The number of hydrogen-bond acceptors (Lipinski definition) is 2. The van der Waals surface area contributed by atoms with Gasteiger partial charge in [0.05, 0.1) is 13.7 Å². The largest absolute Gasteiger partial charge is 0.496 e. The zero-order valence-electron chi connectivity index (χ0n) is 13.7. The average molecular weight is 321 g/mol. The van der Waals surface area contributed by atoms with Crippen molar-refractivity contribution in [1.29, 1.82) is 0 Å². The van der Waals surface area contributed by atoms with Crippen molar-refractivity contribution in [3.63, 3.8) is 0 Å². The van der Waals surface area contributed by atoms with Crippen LogP contribution in [0.1, 0.15) is 38.2 Å². The van der Waals surface area contributed by atoms with Crippen molar-refractivity contribution in [2.75, 3.05) is 13.7 Å². The van der Waals surface area contributed by atoms with E-state index < -0.39 is 0 Å². The van der Waals surface area contributed by atoms with Gasteiger partial charge in [0.15, 0.2) is 0 Å². The predicted octanol–water partition coefficient (Wildman–Crippen LogP) is 5.72. The number of aryl methyl sites for hydroxylation is 1. The van der Waals surface area contributed by atoms with Gasteiger partial charge in [-0.1, -0.05) is 31.2 Å². The average Bonchev–Trinajstić information content (AvgIpc) is 2.54. The van der Waals surface area contributed by atoms with Crippen LogP contribution in [0.15, 0.2) is 30.3 Å². The number of hydrogen-bond donors (Lipinski definition) is 0. The first-order valence-electron chi connectivity index (χ1n) is 8.00. The van der Waals surface area contributed by atoms with Gasteiger partial charge in [-0.15, -0.1) is 11.6 Å². The summed E-state index contributed by atoms with van der Waals surface area (Å²) >= 11 is 6.14.